The molecule has 0 aliphatic heterocycles. The summed E-state index contributed by atoms with van der Waals surface area (Å²) < 4.78 is 25.7. The van der Waals surface area contributed by atoms with E-state index >= 15 is 0 Å². The molecule has 0 aromatic heterocycles. The predicted octanol–water partition coefficient (Wildman–Crippen LogP) is 6.87. The third-order valence-corrected chi connectivity index (χ3v) is 16.0. The van der Waals surface area contributed by atoms with Crippen LogP contribution in [0.3, 0.4) is 0 Å². The Balaban J connectivity index is 1.20. The predicted molar refractivity (Wildman–Crippen MR) is 162 cm³/mol. The van der Waals surface area contributed by atoms with Crippen LogP contribution < -0.4 is 0 Å². The van der Waals surface area contributed by atoms with E-state index in [1.165, 1.54) is 44.9 Å². The molecular formula is C34H59NO4S. The molecule has 0 radical (unpaired) electrons. The first-order valence-corrected chi connectivity index (χ1v) is 18.8. The van der Waals surface area contributed by atoms with Crippen LogP contribution in [0.5, 0.6) is 0 Å². The van der Waals surface area contributed by atoms with Crippen molar-refractivity contribution in [3.8, 4) is 0 Å². The summed E-state index contributed by atoms with van der Waals surface area (Å²) in [7, 11) is -1.54. The number of sulfone groups is 1. The van der Waals surface area contributed by atoms with Gasteiger partial charge in [0.15, 0.2) is 9.84 Å². The molecule has 0 aromatic rings. The van der Waals surface area contributed by atoms with E-state index < -0.39 is 9.84 Å². The minimum Gasteiger partial charge on any atom is -0.393 e. The number of fused-ring (bicyclic) bond motifs is 5. The summed E-state index contributed by atoms with van der Waals surface area (Å²) >= 11 is 0. The average Bonchev–Trinajstić information content (AvgIpc) is 3.29. The standard InChI is InChI=1S/C34H59NO4S/c1-6-24-20-27-29-13-12-28(33(29,3)18-15-30(27)34(4)17-14-25(36)21-31(24)34)23(2)16-19-35(5)32(37)22-40(38,39)26-10-8-7-9-11-26/h23-31,36H,6-22H2,1-5H3/t23-,24+,25-,27+,28-,29+,30+,31+,33-,34-/m1/s1. The summed E-state index contributed by atoms with van der Waals surface area (Å²) in [6, 6.07) is 0. The lowest BCUT2D eigenvalue weighted by molar-refractivity contribution is -0.152. The fraction of sp³-hybridized carbons (Fsp3) is 0.971. The summed E-state index contributed by atoms with van der Waals surface area (Å²) in [5, 5.41) is 10.2. The van der Waals surface area contributed by atoms with E-state index in [4.69, 9.17) is 0 Å². The molecule has 230 valence electrons. The Morgan fingerprint density at radius 2 is 1.60 bits per heavy atom. The number of aliphatic hydroxyl groups excluding tert-OH is 1. The Kier molecular flexibility index (Phi) is 9.10. The van der Waals surface area contributed by atoms with Crippen molar-refractivity contribution < 1.29 is 18.3 Å². The van der Waals surface area contributed by atoms with E-state index in [-0.39, 0.29) is 23.0 Å². The molecule has 0 bridgehead atoms. The molecule has 1 amide bonds. The van der Waals surface area contributed by atoms with E-state index in [1.54, 1.807) is 11.9 Å². The van der Waals surface area contributed by atoms with Crippen LogP contribution in [0.4, 0.5) is 0 Å². The Morgan fingerprint density at radius 3 is 2.30 bits per heavy atom. The largest absolute Gasteiger partial charge is 0.393 e. The number of nitrogens with zero attached hydrogens (tertiary/aromatic N) is 1. The minimum atomic E-state index is -3.35. The van der Waals surface area contributed by atoms with Gasteiger partial charge in [-0.2, -0.15) is 0 Å². The minimum absolute atomic E-state index is 0.0911. The van der Waals surface area contributed by atoms with Crippen LogP contribution in [-0.4, -0.2) is 55.0 Å². The summed E-state index contributed by atoms with van der Waals surface area (Å²) in [5.74, 6) is 4.58. The van der Waals surface area contributed by atoms with Gasteiger partial charge in [-0.1, -0.05) is 53.4 Å². The van der Waals surface area contributed by atoms with Crippen LogP contribution >= 0.6 is 0 Å². The van der Waals surface area contributed by atoms with Gasteiger partial charge in [-0.25, -0.2) is 8.42 Å². The maximum Gasteiger partial charge on any atom is 0.237 e. The van der Waals surface area contributed by atoms with Crippen molar-refractivity contribution in [1.82, 2.24) is 4.90 Å². The van der Waals surface area contributed by atoms with Gasteiger partial charge in [0.05, 0.1) is 11.4 Å². The van der Waals surface area contributed by atoms with Crippen molar-refractivity contribution in [3.05, 3.63) is 0 Å². The second-order valence-electron chi connectivity index (χ2n) is 15.7. The van der Waals surface area contributed by atoms with Gasteiger partial charge in [0, 0.05) is 13.6 Å². The van der Waals surface area contributed by atoms with E-state index in [1.807, 2.05) is 0 Å². The van der Waals surface area contributed by atoms with Crippen LogP contribution in [0, 0.1) is 52.3 Å². The van der Waals surface area contributed by atoms with E-state index in [0.717, 1.165) is 75.0 Å². The van der Waals surface area contributed by atoms with Crippen molar-refractivity contribution in [3.63, 3.8) is 0 Å². The van der Waals surface area contributed by atoms with Crippen molar-refractivity contribution >= 4 is 15.7 Å². The number of hydrogen-bond donors (Lipinski definition) is 1. The van der Waals surface area contributed by atoms with Gasteiger partial charge in [-0.15, -0.1) is 0 Å². The highest BCUT2D eigenvalue weighted by atomic mass is 32.2. The van der Waals surface area contributed by atoms with Gasteiger partial charge < -0.3 is 10.0 Å². The number of carbonyl (C=O) groups excluding carboxylic acids is 1. The topological polar surface area (TPSA) is 74.7 Å². The highest BCUT2D eigenvalue weighted by Crippen LogP contribution is 2.69. The zero-order valence-corrected chi connectivity index (χ0v) is 27.1. The molecule has 0 saturated heterocycles. The van der Waals surface area contributed by atoms with E-state index in [2.05, 4.69) is 27.7 Å². The summed E-state index contributed by atoms with van der Waals surface area (Å²) in [6.07, 6.45) is 16.5. The lowest BCUT2D eigenvalue weighted by Crippen LogP contribution is -2.56. The third-order valence-electron chi connectivity index (χ3n) is 13.8. The molecule has 0 spiro atoms. The number of carbonyl (C=O) groups is 1. The van der Waals surface area contributed by atoms with Crippen LogP contribution in [0.2, 0.25) is 0 Å². The number of hydrogen-bond acceptors (Lipinski definition) is 4. The second-order valence-corrected chi connectivity index (χ2v) is 18.0. The molecule has 0 heterocycles. The van der Waals surface area contributed by atoms with Gasteiger partial charge in [0.1, 0.15) is 5.75 Å². The molecule has 5 fully saturated rings. The van der Waals surface area contributed by atoms with Crippen molar-refractivity contribution in [1.29, 1.82) is 0 Å². The van der Waals surface area contributed by atoms with E-state index in [0.29, 0.717) is 35.1 Å². The maximum absolute atomic E-state index is 12.9. The smallest absolute Gasteiger partial charge is 0.237 e. The molecule has 0 unspecified atom stereocenters. The molecule has 6 heteroatoms. The van der Waals surface area contributed by atoms with Crippen molar-refractivity contribution in [2.75, 3.05) is 19.3 Å². The summed E-state index contributed by atoms with van der Waals surface area (Å²) in [5.41, 5.74) is 0.776. The van der Waals surface area contributed by atoms with Gasteiger partial charge in [-0.3, -0.25) is 4.79 Å². The second kappa shape index (κ2) is 11.8. The number of aliphatic hydroxyl groups is 1. The average molecular weight is 578 g/mol. The van der Waals surface area contributed by atoms with E-state index in [9.17, 15) is 18.3 Å². The summed E-state index contributed by atoms with van der Waals surface area (Å²) in [4.78, 5) is 14.6. The normalized spacial score (nSPS) is 42.9. The molecule has 5 saturated carbocycles. The Labute approximate surface area is 245 Å². The molecule has 40 heavy (non-hydrogen) atoms. The molecule has 0 aromatic carbocycles. The third kappa shape index (κ3) is 5.55. The highest BCUT2D eigenvalue weighted by Gasteiger charge is 2.62. The van der Waals surface area contributed by atoms with Crippen LogP contribution in [-0.2, 0) is 14.6 Å². The van der Waals surface area contributed by atoms with Gasteiger partial charge in [0.2, 0.25) is 5.91 Å². The molecular weight excluding hydrogens is 518 g/mol. The number of amides is 1. The molecule has 5 rings (SSSR count). The van der Waals surface area contributed by atoms with Crippen LogP contribution in [0.25, 0.3) is 0 Å². The van der Waals surface area contributed by atoms with Crippen molar-refractivity contribution in [2.24, 2.45) is 52.3 Å². The monoisotopic (exact) mass is 577 g/mol. The lowest BCUT2D eigenvalue weighted by Gasteiger charge is -2.63. The fourth-order valence-electron chi connectivity index (χ4n) is 11.5. The first-order valence-electron chi connectivity index (χ1n) is 17.0. The number of rotatable bonds is 8. The molecule has 5 aliphatic carbocycles. The first-order chi connectivity index (χ1) is 18.9. The quantitative estimate of drug-likeness (QED) is 0.341. The van der Waals surface area contributed by atoms with Gasteiger partial charge in [-0.05, 0) is 123 Å². The maximum atomic E-state index is 12.9. The van der Waals surface area contributed by atoms with Crippen molar-refractivity contribution in [2.45, 2.75) is 135 Å². The lowest BCUT2D eigenvalue weighted by atomic mass is 9.42. The molecule has 5 aliphatic rings. The molecule has 10 atom stereocenters. The summed E-state index contributed by atoms with van der Waals surface area (Å²) in [6.45, 7) is 10.6. The first kappa shape index (κ1) is 30.8. The Bertz CT molecular complexity index is 1010. The zero-order chi connectivity index (χ0) is 28.9. The Morgan fingerprint density at radius 1 is 0.925 bits per heavy atom. The zero-order valence-electron chi connectivity index (χ0n) is 26.2. The van der Waals surface area contributed by atoms with Gasteiger partial charge in [0.25, 0.3) is 0 Å². The SMILES string of the molecule is CC[C@H]1C[C@@H]2[C@H](CC[C@]3(C)[C@@H]([C@H](C)CCN(C)C(=O)CS(=O)(=O)C4CCCCC4)CC[C@@H]23)[C@@]2(C)CC[C@@H](O)C[C@@H]12. The Hall–Kier alpha value is -0.620. The van der Waals surface area contributed by atoms with Crippen LogP contribution in [0.1, 0.15) is 124 Å². The van der Waals surface area contributed by atoms with Crippen LogP contribution in [0.15, 0.2) is 0 Å². The highest BCUT2D eigenvalue weighted by molar-refractivity contribution is 7.92. The molecule has 5 nitrogen and oxygen atoms in total. The fourth-order valence-corrected chi connectivity index (χ4v) is 13.3. The molecule has 1 N–H and O–H groups in total. The van der Waals surface area contributed by atoms with Gasteiger partial charge >= 0.3 is 0 Å².